The molecule has 1 N–H and O–H groups in total. The lowest BCUT2D eigenvalue weighted by molar-refractivity contribution is -0.120. The zero-order valence-electron chi connectivity index (χ0n) is 12.1. The van der Waals surface area contributed by atoms with E-state index in [1.807, 2.05) is 51.1 Å². The number of thiazole rings is 1. The number of aromatic nitrogens is 1. The lowest BCUT2D eigenvalue weighted by Gasteiger charge is -2.10. The van der Waals surface area contributed by atoms with E-state index < -0.39 is 0 Å². The minimum atomic E-state index is 0.0689. The van der Waals surface area contributed by atoms with Gasteiger partial charge >= 0.3 is 0 Å². The van der Waals surface area contributed by atoms with Gasteiger partial charge in [-0.1, -0.05) is 44.2 Å². The molecule has 0 aliphatic heterocycles. The summed E-state index contributed by atoms with van der Waals surface area (Å²) in [5.41, 5.74) is 2.04. The van der Waals surface area contributed by atoms with Gasteiger partial charge in [-0.15, -0.1) is 11.3 Å². The van der Waals surface area contributed by atoms with Gasteiger partial charge in [0.25, 0.3) is 0 Å². The summed E-state index contributed by atoms with van der Waals surface area (Å²) in [4.78, 5) is 17.8. The maximum Gasteiger partial charge on any atom is 0.229 e. The second kappa shape index (κ2) is 6.66. The van der Waals surface area contributed by atoms with Crippen LogP contribution in [-0.2, 0) is 4.79 Å². The zero-order valence-corrected chi connectivity index (χ0v) is 13.0. The summed E-state index contributed by atoms with van der Waals surface area (Å²) >= 11 is 1.53. The molecule has 0 spiro atoms. The topological polar surface area (TPSA) is 42.0 Å². The smallest absolute Gasteiger partial charge is 0.229 e. The van der Waals surface area contributed by atoms with E-state index in [0.29, 0.717) is 5.13 Å². The van der Waals surface area contributed by atoms with Gasteiger partial charge in [0.05, 0.1) is 5.69 Å². The van der Waals surface area contributed by atoms with Crippen LogP contribution in [0.4, 0.5) is 5.13 Å². The summed E-state index contributed by atoms with van der Waals surface area (Å²) in [6.07, 6.45) is 1.72. The molecule has 0 aliphatic rings. The number of hydrogen-bond acceptors (Lipinski definition) is 3. The molecule has 1 heterocycles. The van der Waals surface area contributed by atoms with E-state index in [1.165, 1.54) is 11.3 Å². The monoisotopic (exact) mass is 288 g/mol. The number of nitrogens with one attached hydrogen (secondary N) is 1. The van der Waals surface area contributed by atoms with Gasteiger partial charge in [-0.25, -0.2) is 4.98 Å². The van der Waals surface area contributed by atoms with Crippen LogP contribution >= 0.6 is 11.3 Å². The number of rotatable bonds is 5. The number of amides is 1. The lowest BCUT2D eigenvalue weighted by Crippen LogP contribution is -2.21. The van der Waals surface area contributed by atoms with Crippen molar-refractivity contribution >= 4 is 22.4 Å². The van der Waals surface area contributed by atoms with Crippen molar-refractivity contribution < 1.29 is 4.79 Å². The highest BCUT2D eigenvalue weighted by Crippen LogP contribution is 2.30. The average Bonchev–Trinajstić information content (AvgIpc) is 2.82. The molecule has 1 aromatic heterocycles. The van der Waals surface area contributed by atoms with E-state index in [2.05, 4.69) is 10.3 Å². The van der Waals surface area contributed by atoms with Crippen molar-refractivity contribution in [3.05, 3.63) is 35.2 Å². The molecule has 0 saturated carbocycles. The molecule has 0 bridgehead atoms. The van der Waals surface area contributed by atoms with Crippen LogP contribution in [0.3, 0.4) is 0 Å². The number of carbonyl (C=O) groups excluding carboxylic acids is 1. The van der Waals surface area contributed by atoms with E-state index in [-0.39, 0.29) is 11.8 Å². The molecule has 2 aromatic rings. The Labute approximate surface area is 124 Å². The fourth-order valence-electron chi connectivity index (χ4n) is 2.18. The van der Waals surface area contributed by atoms with Gasteiger partial charge in [-0.2, -0.15) is 0 Å². The molecule has 0 radical (unpaired) electrons. The van der Waals surface area contributed by atoms with Crippen molar-refractivity contribution in [1.29, 1.82) is 0 Å². The third-order valence-corrected chi connectivity index (χ3v) is 4.32. The van der Waals surface area contributed by atoms with Crippen LogP contribution in [0.5, 0.6) is 0 Å². The lowest BCUT2D eigenvalue weighted by atomic mass is 10.0. The molecule has 0 atom stereocenters. The standard InChI is InChI=1S/C16H20N2OS/c1-4-12(5-2)15(19)18-16-17-14(11(3)20-16)13-9-7-6-8-10-13/h6-10,12H,4-5H2,1-3H3,(H,17,18,19). The van der Waals surface area contributed by atoms with Gasteiger partial charge in [0.1, 0.15) is 0 Å². The van der Waals surface area contributed by atoms with Crippen molar-refractivity contribution in [2.75, 3.05) is 5.32 Å². The summed E-state index contributed by atoms with van der Waals surface area (Å²) in [7, 11) is 0. The quantitative estimate of drug-likeness (QED) is 0.880. The normalized spacial score (nSPS) is 10.8. The fraction of sp³-hybridized carbons (Fsp3) is 0.375. The number of benzene rings is 1. The Kier molecular flexibility index (Phi) is 4.90. The Morgan fingerprint density at radius 1 is 1.25 bits per heavy atom. The van der Waals surface area contributed by atoms with Crippen LogP contribution < -0.4 is 5.32 Å². The second-order valence-corrected chi connectivity index (χ2v) is 6.00. The third-order valence-electron chi connectivity index (χ3n) is 3.43. The van der Waals surface area contributed by atoms with E-state index >= 15 is 0 Å². The maximum atomic E-state index is 12.1. The summed E-state index contributed by atoms with van der Waals surface area (Å²) in [6.45, 7) is 6.11. The first-order valence-electron chi connectivity index (χ1n) is 6.99. The Bertz CT molecular complexity index is 573. The summed E-state index contributed by atoms with van der Waals surface area (Å²) in [6, 6.07) is 10.1. The van der Waals surface area contributed by atoms with Crippen molar-refractivity contribution in [2.45, 2.75) is 33.6 Å². The van der Waals surface area contributed by atoms with Gasteiger partial charge in [-0.05, 0) is 19.8 Å². The van der Waals surface area contributed by atoms with Crippen molar-refractivity contribution in [2.24, 2.45) is 5.92 Å². The molecular formula is C16H20N2OS. The van der Waals surface area contributed by atoms with Crippen LogP contribution in [0.25, 0.3) is 11.3 Å². The molecule has 0 fully saturated rings. The van der Waals surface area contributed by atoms with Gasteiger partial charge in [0.2, 0.25) is 5.91 Å². The first-order valence-corrected chi connectivity index (χ1v) is 7.81. The molecule has 0 saturated heterocycles. The third kappa shape index (κ3) is 3.25. The largest absolute Gasteiger partial charge is 0.302 e. The van der Waals surface area contributed by atoms with E-state index in [1.54, 1.807) is 0 Å². The number of carbonyl (C=O) groups is 1. The van der Waals surface area contributed by atoms with Crippen LogP contribution in [0.1, 0.15) is 31.6 Å². The van der Waals surface area contributed by atoms with Crippen molar-refractivity contribution in [1.82, 2.24) is 4.98 Å². The number of hydrogen-bond donors (Lipinski definition) is 1. The van der Waals surface area contributed by atoms with Crippen LogP contribution in [0.2, 0.25) is 0 Å². The van der Waals surface area contributed by atoms with Gasteiger partial charge < -0.3 is 5.32 Å². The van der Waals surface area contributed by atoms with Crippen molar-refractivity contribution in [3.63, 3.8) is 0 Å². The fourth-order valence-corrected chi connectivity index (χ4v) is 3.02. The first-order chi connectivity index (χ1) is 9.65. The molecule has 20 heavy (non-hydrogen) atoms. The van der Waals surface area contributed by atoms with Gasteiger partial charge in [-0.3, -0.25) is 4.79 Å². The highest BCUT2D eigenvalue weighted by Gasteiger charge is 2.17. The molecule has 1 aromatic carbocycles. The summed E-state index contributed by atoms with van der Waals surface area (Å²) < 4.78 is 0. The Hall–Kier alpha value is -1.68. The number of aryl methyl sites for hydroxylation is 1. The van der Waals surface area contributed by atoms with Crippen LogP contribution in [0.15, 0.2) is 30.3 Å². The molecule has 106 valence electrons. The maximum absolute atomic E-state index is 12.1. The highest BCUT2D eigenvalue weighted by molar-refractivity contribution is 7.16. The molecule has 0 aliphatic carbocycles. The Morgan fingerprint density at radius 2 is 1.90 bits per heavy atom. The molecule has 2 rings (SSSR count). The Morgan fingerprint density at radius 3 is 2.50 bits per heavy atom. The minimum absolute atomic E-state index is 0.0689. The summed E-state index contributed by atoms with van der Waals surface area (Å²) in [5.74, 6) is 0.141. The van der Waals surface area contributed by atoms with E-state index in [4.69, 9.17) is 0 Å². The molecular weight excluding hydrogens is 268 g/mol. The average molecular weight is 288 g/mol. The molecule has 4 heteroatoms. The van der Waals surface area contributed by atoms with Crippen LogP contribution in [-0.4, -0.2) is 10.9 Å². The number of anilines is 1. The highest BCUT2D eigenvalue weighted by atomic mass is 32.1. The van der Waals surface area contributed by atoms with Crippen molar-refractivity contribution in [3.8, 4) is 11.3 Å². The second-order valence-electron chi connectivity index (χ2n) is 4.79. The predicted molar refractivity (Wildman–Crippen MR) is 85.0 cm³/mol. The molecule has 1 amide bonds. The van der Waals surface area contributed by atoms with E-state index in [9.17, 15) is 4.79 Å². The van der Waals surface area contributed by atoms with E-state index in [0.717, 1.165) is 29.0 Å². The zero-order chi connectivity index (χ0) is 14.5. The Balaban J connectivity index is 2.18. The number of nitrogens with zero attached hydrogens (tertiary/aromatic N) is 1. The molecule has 3 nitrogen and oxygen atoms in total. The SMILES string of the molecule is CCC(CC)C(=O)Nc1nc(-c2ccccc2)c(C)s1. The first kappa shape index (κ1) is 14.7. The minimum Gasteiger partial charge on any atom is -0.302 e. The van der Waals surface area contributed by atoms with Gasteiger partial charge in [0, 0.05) is 16.4 Å². The van der Waals surface area contributed by atoms with Gasteiger partial charge in [0.15, 0.2) is 5.13 Å². The summed E-state index contributed by atoms with van der Waals surface area (Å²) in [5, 5.41) is 3.64. The predicted octanol–water partition coefficient (Wildman–Crippen LogP) is 4.49. The van der Waals surface area contributed by atoms with Crippen LogP contribution in [0, 0.1) is 12.8 Å². The molecule has 0 unspecified atom stereocenters.